The van der Waals surface area contributed by atoms with Crippen molar-refractivity contribution >= 4 is 39.8 Å². The van der Waals surface area contributed by atoms with E-state index in [0.717, 1.165) is 16.9 Å². The molecule has 0 atom stereocenters. The van der Waals surface area contributed by atoms with E-state index in [2.05, 4.69) is 15.6 Å². The first kappa shape index (κ1) is 24.9. The van der Waals surface area contributed by atoms with Crippen LogP contribution >= 0.6 is 24.0 Å². The van der Waals surface area contributed by atoms with E-state index in [1.54, 1.807) is 7.11 Å². The largest absolute Gasteiger partial charge is 0.491 e. The molecule has 0 unspecified atom stereocenters. The molecule has 1 aromatic carbocycles. The topological polar surface area (TPSA) is 89.0 Å². The van der Waals surface area contributed by atoms with E-state index in [9.17, 15) is 8.42 Å². The van der Waals surface area contributed by atoms with E-state index in [1.807, 2.05) is 32.0 Å². The van der Waals surface area contributed by atoms with E-state index in [-0.39, 0.29) is 29.7 Å². The number of nitrogens with zero attached hydrogens (tertiary/aromatic N) is 1. The fourth-order valence-electron chi connectivity index (χ4n) is 2.02. The van der Waals surface area contributed by atoms with Crippen molar-refractivity contribution in [1.29, 1.82) is 0 Å². The number of guanidine groups is 1. The van der Waals surface area contributed by atoms with Crippen LogP contribution in [0, 0.1) is 6.92 Å². The summed E-state index contributed by atoms with van der Waals surface area (Å²) in [5.74, 6) is 1.43. The molecule has 0 spiro atoms. The van der Waals surface area contributed by atoms with Gasteiger partial charge in [-0.2, -0.15) is 0 Å². The van der Waals surface area contributed by atoms with Crippen molar-refractivity contribution in [1.82, 2.24) is 10.6 Å². The number of aryl methyl sites for hydroxylation is 1. The molecule has 0 heterocycles. The van der Waals surface area contributed by atoms with Gasteiger partial charge in [0.15, 0.2) is 5.96 Å². The highest BCUT2D eigenvalue weighted by Crippen LogP contribution is 2.21. The molecular weight excluding hydrogens is 469 g/mol. The highest BCUT2D eigenvalue weighted by molar-refractivity contribution is 14.0. The number of sulfone groups is 1. The zero-order valence-electron chi connectivity index (χ0n) is 15.9. The number of halogens is 1. The van der Waals surface area contributed by atoms with Crippen LogP contribution in [-0.2, 0) is 21.1 Å². The summed E-state index contributed by atoms with van der Waals surface area (Å²) in [4.78, 5) is 4.51. The lowest BCUT2D eigenvalue weighted by atomic mass is 10.1. The number of hydrogen-bond acceptors (Lipinski definition) is 5. The number of methoxy groups -OCH3 is 1. The van der Waals surface area contributed by atoms with E-state index in [4.69, 9.17) is 9.47 Å². The standard InChI is InChI=1S/C17H29N3O4S.HI/c1-5-18-17(19-8-11-25(4,21)22)20-13-15-7-6-14(2)12-16(15)24-10-9-23-3;/h6-7,12H,5,8-11,13H2,1-4H3,(H2,18,19,20);1H. The third-order valence-corrected chi connectivity index (χ3v) is 4.23. The Morgan fingerprint density at radius 2 is 1.96 bits per heavy atom. The fourth-order valence-corrected chi connectivity index (χ4v) is 2.50. The SMILES string of the molecule is CCNC(=NCc1ccc(C)cc1OCCOC)NCCS(C)(=O)=O.I. The maximum Gasteiger partial charge on any atom is 0.191 e. The summed E-state index contributed by atoms with van der Waals surface area (Å²) in [6.45, 7) is 6.39. The monoisotopic (exact) mass is 499 g/mol. The summed E-state index contributed by atoms with van der Waals surface area (Å²) in [5, 5.41) is 6.14. The molecule has 0 radical (unpaired) electrons. The third kappa shape index (κ3) is 10.8. The third-order valence-electron chi connectivity index (χ3n) is 3.28. The molecule has 1 rings (SSSR count). The lowest BCUT2D eigenvalue weighted by Gasteiger charge is -2.13. The molecule has 0 aliphatic rings. The van der Waals surface area contributed by atoms with Gasteiger partial charge in [-0.1, -0.05) is 12.1 Å². The maximum atomic E-state index is 11.2. The van der Waals surface area contributed by atoms with Crippen LogP contribution in [-0.4, -0.2) is 59.8 Å². The van der Waals surface area contributed by atoms with Gasteiger partial charge in [-0.05, 0) is 25.5 Å². The summed E-state index contributed by atoms with van der Waals surface area (Å²) >= 11 is 0. The van der Waals surface area contributed by atoms with Crippen molar-refractivity contribution in [2.45, 2.75) is 20.4 Å². The summed E-state index contributed by atoms with van der Waals surface area (Å²) in [6, 6.07) is 5.98. The highest BCUT2D eigenvalue weighted by Gasteiger charge is 2.06. The maximum absolute atomic E-state index is 11.2. The van der Waals surface area contributed by atoms with Crippen LogP contribution in [0.4, 0.5) is 0 Å². The molecule has 0 saturated carbocycles. The smallest absolute Gasteiger partial charge is 0.191 e. The van der Waals surface area contributed by atoms with Crippen LogP contribution in [0.2, 0.25) is 0 Å². The Morgan fingerprint density at radius 1 is 1.23 bits per heavy atom. The summed E-state index contributed by atoms with van der Waals surface area (Å²) in [7, 11) is -1.37. The first-order chi connectivity index (χ1) is 11.9. The summed E-state index contributed by atoms with van der Waals surface area (Å²) in [6.07, 6.45) is 1.22. The molecule has 0 amide bonds. The van der Waals surface area contributed by atoms with E-state index in [0.29, 0.717) is 38.8 Å². The van der Waals surface area contributed by atoms with E-state index in [1.165, 1.54) is 6.26 Å². The number of nitrogens with one attached hydrogen (secondary N) is 2. The van der Waals surface area contributed by atoms with Gasteiger partial charge in [-0.15, -0.1) is 24.0 Å². The zero-order valence-corrected chi connectivity index (χ0v) is 19.0. The minimum atomic E-state index is -3.00. The average Bonchev–Trinajstić information content (AvgIpc) is 2.53. The molecule has 1 aromatic rings. The summed E-state index contributed by atoms with van der Waals surface area (Å²) in [5.41, 5.74) is 2.07. The molecule has 2 N–H and O–H groups in total. The van der Waals surface area contributed by atoms with Crippen molar-refractivity contribution in [2.75, 3.05) is 45.4 Å². The molecule has 150 valence electrons. The summed E-state index contributed by atoms with van der Waals surface area (Å²) < 4.78 is 33.2. The highest BCUT2D eigenvalue weighted by atomic mass is 127. The van der Waals surface area contributed by atoms with Gasteiger partial charge < -0.3 is 20.1 Å². The van der Waals surface area contributed by atoms with Gasteiger partial charge in [0.05, 0.1) is 18.9 Å². The molecule has 0 saturated heterocycles. The van der Waals surface area contributed by atoms with Crippen LogP contribution in [0.3, 0.4) is 0 Å². The Kier molecular flexibility index (Phi) is 12.6. The second-order valence-electron chi connectivity index (χ2n) is 5.70. The fraction of sp³-hybridized carbons (Fsp3) is 0.588. The molecule has 0 aliphatic carbocycles. The van der Waals surface area contributed by atoms with Crippen LogP contribution in [0.25, 0.3) is 0 Å². The molecular formula is C17H30IN3O4S. The van der Waals surface area contributed by atoms with Gasteiger partial charge in [0.1, 0.15) is 22.2 Å². The molecule has 0 bridgehead atoms. The van der Waals surface area contributed by atoms with Crippen LogP contribution in [0.1, 0.15) is 18.1 Å². The number of ether oxygens (including phenoxy) is 2. The second-order valence-corrected chi connectivity index (χ2v) is 7.96. The Bertz CT molecular complexity index is 666. The van der Waals surface area contributed by atoms with Gasteiger partial charge >= 0.3 is 0 Å². The van der Waals surface area contributed by atoms with Crippen molar-refractivity contribution in [3.05, 3.63) is 29.3 Å². The Hall–Kier alpha value is -1.07. The Labute approximate surface area is 173 Å². The zero-order chi connectivity index (χ0) is 18.7. The van der Waals surface area contributed by atoms with E-state index >= 15 is 0 Å². The number of hydrogen-bond donors (Lipinski definition) is 2. The number of aliphatic imine (C=N–C) groups is 1. The predicted octanol–water partition coefficient (Wildman–Crippen LogP) is 1.74. The van der Waals surface area contributed by atoms with Gasteiger partial charge in [0.25, 0.3) is 0 Å². The Morgan fingerprint density at radius 3 is 2.58 bits per heavy atom. The van der Waals surface area contributed by atoms with Crippen LogP contribution < -0.4 is 15.4 Å². The van der Waals surface area contributed by atoms with Crippen molar-refractivity contribution < 1.29 is 17.9 Å². The number of rotatable bonds is 10. The normalized spacial score (nSPS) is 11.6. The van der Waals surface area contributed by atoms with Gasteiger partial charge in [0, 0.05) is 32.0 Å². The van der Waals surface area contributed by atoms with Crippen LogP contribution in [0.5, 0.6) is 5.75 Å². The molecule has 0 aliphatic heterocycles. The first-order valence-corrected chi connectivity index (χ1v) is 10.3. The predicted molar refractivity (Wildman–Crippen MR) is 116 cm³/mol. The van der Waals surface area contributed by atoms with Crippen molar-refractivity contribution in [3.63, 3.8) is 0 Å². The van der Waals surface area contributed by atoms with E-state index < -0.39 is 9.84 Å². The van der Waals surface area contributed by atoms with Gasteiger partial charge in [-0.25, -0.2) is 13.4 Å². The van der Waals surface area contributed by atoms with Crippen molar-refractivity contribution in [2.24, 2.45) is 4.99 Å². The molecule has 0 fully saturated rings. The number of benzene rings is 1. The lowest BCUT2D eigenvalue weighted by Crippen LogP contribution is -2.39. The quantitative estimate of drug-likeness (QED) is 0.221. The lowest BCUT2D eigenvalue weighted by molar-refractivity contribution is 0.146. The van der Waals surface area contributed by atoms with Gasteiger partial charge in [-0.3, -0.25) is 0 Å². The molecule has 7 nitrogen and oxygen atoms in total. The van der Waals surface area contributed by atoms with Crippen molar-refractivity contribution in [3.8, 4) is 5.75 Å². The van der Waals surface area contributed by atoms with Crippen LogP contribution in [0.15, 0.2) is 23.2 Å². The van der Waals surface area contributed by atoms with Gasteiger partial charge in [0.2, 0.25) is 0 Å². The molecule has 9 heteroatoms. The molecule has 26 heavy (non-hydrogen) atoms. The minimum Gasteiger partial charge on any atom is -0.491 e. The minimum absolute atomic E-state index is 0. The molecule has 0 aromatic heterocycles. The average molecular weight is 499 g/mol. The second kappa shape index (κ2) is 13.2. The first-order valence-electron chi connectivity index (χ1n) is 8.27. The Balaban J connectivity index is 0.00000625.